The minimum Gasteiger partial charge on any atom is -0.497 e. The molecular formula is C17H19NO3. The summed E-state index contributed by atoms with van der Waals surface area (Å²) >= 11 is 0. The summed E-state index contributed by atoms with van der Waals surface area (Å²) in [5.74, 6) is 1.23. The van der Waals surface area contributed by atoms with Gasteiger partial charge in [-0.1, -0.05) is 18.2 Å². The van der Waals surface area contributed by atoms with Crippen molar-refractivity contribution in [1.29, 1.82) is 0 Å². The first-order valence-electron chi connectivity index (χ1n) is 6.72. The monoisotopic (exact) mass is 285 g/mol. The van der Waals surface area contributed by atoms with Crippen molar-refractivity contribution in [2.24, 2.45) is 0 Å². The molecule has 0 radical (unpaired) electrons. The predicted molar refractivity (Wildman–Crippen MR) is 83.0 cm³/mol. The van der Waals surface area contributed by atoms with E-state index in [1.165, 1.54) is 0 Å². The van der Waals surface area contributed by atoms with Gasteiger partial charge in [0.25, 0.3) is 5.91 Å². The van der Waals surface area contributed by atoms with E-state index in [2.05, 4.69) is 5.32 Å². The number of hydrogen-bond donors (Lipinski definition) is 1. The molecule has 2 aromatic carbocycles. The Balaban J connectivity index is 1.94. The van der Waals surface area contributed by atoms with Crippen LogP contribution < -0.4 is 14.8 Å². The highest BCUT2D eigenvalue weighted by atomic mass is 16.5. The maximum Gasteiger partial charge on any atom is 0.262 e. The lowest BCUT2D eigenvalue weighted by atomic mass is 10.1. The first-order valence-corrected chi connectivity index (χ1v) is 6.72. The molecule has 0 atom stereocenters. The first kappa shape index (κ1) is 14.9. The van der Waals surface area contributed by atoms with Crippen molar-refractivity contribution in [2.45, 2.75) is 13.8 Å². The van der Waals surface area contributed by atoms with Crippen molar-refractivity contribution < 1.29 is 14.3 Å². The number of aryl methyl sites for hydroxylation is 2. The van der Waals surface area contributed by atoms with Crippen LogP contribution in [0.5, 0.6) is 11.5 Å². The van der Waals surface area contributed by atoms with Gasteiger partial charge in [0, 0.05) is 11.8 Å². The van der Waals surface area contributed by atoms with Gasteiger partial charge in [-0.25, -0.2) is 0 Å². The third kappa shape index (κ3) is 4.24. The summed E-state index contributed by atoms with van der Waals surface area (Å²) in [6.07, 6.45) is 0. The van der Waals surface area contributed by atoms with Crippen molar-refractivity contribution in [3.8, 4) is 11.5 Å². The molecule has 0 saturated carbocycles. The SMILES string of the molecule is COc1cccc(NC(=O)COc2cc(C)ccc2C)c1. The smallest absolute Gasteiger partial charge is 0.262 e. The Morgan fingerprint density at radius 3 is 2.71 bits per heavy atom. The van der Waals surface area contributed by atoms with Crippen LogP contribution in [0.4, 0.5) is 5.69 Å². The van der Waals surface area contributed by atoms with Gasteiger partial charge in [-0.3, -0.25) is 4.79 Å². The minimum absolute atomic E-state index is 0.0263. The molecule has 0 fully saturated rings. The quantitative estimate of drug-likeness (QED) is 0.916. The highest BCUT2D eigenvalue weighted by molar-refractivity contribution is 5.92. The van der Waals surface area contributed by atoms with Gasteiger partial charge in [-0.05, 0) is 43.2 Å². The second kappa shape index (κ2) is 6.79. The van der Waals surface area contributed by atoms with Crippen molar-refractivity contribution in [1.82, 2.24) is 0 Å². The Bertz CT molecular complexity index is 638. The van der Waals surface area contributed by atoms with Crippen LogP contribution >= 0.6 is 0 Å². The Kier molecular flexibility index (Phi) is 4.82. The molecule has 2 aromatic rings. The van der Waals surface area contributed by atoms with E-state index in [4.69, 9.17) is 9.47 Å². The molecular weight excluding hydrogens is 266 g/mol. The van der Waals surface area contributed by atoms with E-state index in [1.807, 2.05) is 44.2 Å². The number of rotatable bonds is 5. The summed E-state index contributed by atoms with van der Waals surface area (Å²) in [6, 6.07) is 13.1. The van der Waals surface area contributed by atoms with Crippen LogP contribution in [0.15, 0.2) is 42.5 Å². The van der Waals surface area contributed by atoms with Gasteiger partial charge in [0.05, 0.1) is 7.11 Å². The van der Waals surface area contributed by atoms with E-state index in [9.17, 15) is 4.79 Å². The average molecular weight is 285 g/mol. The topological polar surface area (TPSA) is 47.6 Å². The molecule has 1 N–H and O–H groups in total. The summed E-state index contributed by atoms with van der Waals surface area (Å²) in [4.78, 5) is 11.9. The zero-order valence-corrected chi connectivity index (χ0v) is 12.5. The fourth-order valence-electron chi connectivity index (χ4n) is 1.90. The standard InChI is InChI=1S/C17H19NO3/c1-12-7-8-13(2)16(9-12)21-11-17(19)18-14-5-4-6-15(10-14)20-3/h4-10H,11H2,1-3H3,(H,18,19). The van der Waals surface area contributed by atoms with Gasteiger partial charge in [-0.15, -0.1) is 0 Å². The second-order valence-corrected chi connectivity index (χ2v) is 4.84. The van der Waals surface area contributed by atoms with Gasteiger partial charge in [0.15, 0.2) is 6.61 Å². The van der Waals surface area contributed by atoms with Crippen molar-refractivity contribution in [3.63, 3.8) is 0 Å². The van der Waals surface area contributed by atoms with Crippen LogP contribution in [-0.4, -0.2) is 19.6 Å². The lowest BCUT2D eigenvalue weighted by Crippen LogP contribution is -2.20. The third-order valence-electron chi connectivity index (χ3n) is 3.06. The molecule has 1 amide bonds. The number of benzene rings is 2. The molecule has 0 heterocycles. The van der Waals surface area contributed by atoms with Crippen LogP contribution in [0.25, 0.3) is 0 Å². The van der Waals surface area contributed by atoms with Crippen molar-refractivity contribution >= 4 is 11.6 Å². The normalized spacial score (nSPS) is 10.0. The Morgan fingerprint density at radius 1 is 1.14 bits per heavy atom. The van der Waals surface area contributed by atoms with Crippen molar-refractivity contribution in [3.05, 3.63) is 53.6 Å². The third-order valence-corrected chi connectivity index (χ3v) is 3.06. The molecule has 0 unspecified atom stereocenters. The van der Waals surface area contributed by atoms with E-state index < -0.39 is 0 Å². The number of amides is 1. The fourth-order valence-corrected chi connectivity index (χ4v) is 1.90. The van der Waals surface area contributed by atoms with Crippen LogP contribution in [0.2, 0.25) is 0 Å². The largest absolute Gasteiger partial charge is 0.497 e. The molecule has 0 spiro atoms. The van der Waals surface area contributed by atoms with Gasteiger partial charge in [-0.2, -0.15) is 0 Å². The molecule has 4 heteroatoms. The molecule has 0 saturated heterocycles. The number of nitrogens with one attached hydrogen (secondary N) is 1. The molecule has 0 aromatic heterocycles. The van der Waals surface area contributed by atoms with Crippen LogP contribution in [-0.2, 0) is 4.79 Å². The second-order valence-electron chi connectivity index (χ2n) is 4.84. The number of ether oxygens (including phenoxy) is 2. The van der Waals surface area contributed by atoms with Gasteiger partial charge < -0.3 is 14.8 Å². The minimum atomic E-state index is -0.204. The Morgan fingerprint density at radius 2 is 1.95 bits per heavy atom. The van der Waals surface area contributed by atoms with E-state index in [1.54, 1.807) is 19.2 Å². The summed E-state index contributed by atoms with van der Waals surface area (Å²) in [6.45, 7) is 3.92. The number of methoxy groups -OCH3 is 1. The number of carbonyl (C=O) groups excluding carboxylic acids is 1. The number of hydrogen-bond acceptors (Lipinski definition) is 3. The summed E-state index contributed by atoms with van der Waals surface area (Å²) in [5.41, 5.74) is 2.79. The van der Waals surface area contributed by atoms with Crippen LogP contribution in [0.3, 0.4) is 0 Å². The molecule has 21 heavy (non-hydrogen) atoms. The maximum atomic E-state index is 11.9. The average Bonchev–Trinajstić information content (AvgIpc) is 2.48. The lowest BCUT2D eigenvalue weighted by Gasteiger charge is -2.10. The molecule has 2 rings (SSSR count). The highest BCUT2D eigenvalue weighted by Gasteiger charge is 2.06. The number of carbonyl (C=O) groups is 1. The molecule has 0 aliphatic heterocycles. The summed E-state index contributed by atoms with van der Waals surface area (Å²) in [5, 5.41) is 2.78. The van der Waals surface area contributed by atoms with E-state index >= 15 is 0 Å². The molecule has 0 aliphatic carbocycles. The van der Waals surface area contributed by atoms with Gasteiger partial charge in [0.2, 0.25) is 0 Å². The predicted octanol–water partition coefficient (Wildman–Crippen LogP) is 3.33. The maximum absolute atomic E-state index is 11.9. The van der Waals surface area contributed by atoms with E-state index in [0.29, 0.717) is 11.4 Å². The first-order chi connectivity index (χ1) is 10.1. The highest BCUT2D eigenvalue weighted by Crippen LogP contribution is 2.19. The Hall–Kier alpha value is -2.49. The molecule has 4 nitrogen and oxygen atoms in total. The van der Waals surface area contributed by atoms with E-state index in [0.717, 1.165) is 16.9 Å². The van der Waals surface area contributed by atoms with Gasteiger partial charge in [0.1, 0.15) is 11.5 Å². The zero-order chi connectivity index (χ0) is 15.2. The molecule has 0 bridgehead atoms. The fraction of sp³-hybridized carbons (Fsp3) is 0.235. The van der Waals surface area contributed by atoms with Crippen LogP contribution in [0.1, 0.15) is 11.1 Å². The summed E-state index contributed by atoms with van der Waals surface area (Å²) in [7, 11) is 1.59. The van der Waals surface area contributed by atoms with E-state index in [-0.39, 0.29) is 12.5 Å². The zero-order valence-electron chi connectivity index (χ0n) is 12.5. The number of anilines is 1. The van der Waals surface area contributed by atoms with Gasteiger partial charge >= 0.3 is 0 Å². The summed E-state index contributed by atoms with van der Waals surface area (Å²) < 4.78 is 10.7. The van der Waals surface area contributed by atoms with Crippen LogP contribution in [0, 0.1) is 13.8 Å². The Labute approximate surface area is 124 Å². The lowest BCUT2D eigenvalue weighted by molar-refractivity contribution is -0.118. The van der Waals surface area contributed by atoms with Crippen molar-refractivity contribution in [2.75, 3.05) is 19.0 Å². The molecule has 110 valence electrons. The molecule has 0 aliphatic rings.